The van der Waals surface area contributed by atoms with Crippen molar-refractivity contribution < 1.29 is 9.31 Å². The molecule has 0 bridgehead atoms. The highest BCUT2D eigenvalue weighted by Crippen LogP contribution is 2.36. The van der Waals surface area contributed by atoms with E-state index in [1.165, 1.54) is 30.4 Å². The number of allylic oxidation sites excluding steroid dienone is 2. The van der Waals surface area contributed by atoms with Crippen molar-refractivity contribution in [2.45, 2.75) is 65.1 Å². The number of benzene rings is 1. The second-order valence-corrected chi connectivity index (χ2v) is 7.82. The second-order valence-electron chi connectivity index (χ2n) is 7.82. The maximum Gasteiger partial charge on any atom is 0.494 e. The number of rotatable bonds is 2. The van der Waals surface area contributed by atoms with Crippen LogP contribution in [0.4, 0.5) is 0 Å². The van der Waals surface area contributed by atoms with E-state index >= 15 is 0 Å². The highest BCUT2D eigenvalue weighted by molar-refractivity contribution is 6.62. The lowest BCUT2D eigenvalue weighted by atomic mass is 9.78. The summed E-state index contributed by atoms with van der Waals surface area (Å²) in [5.74, 6) is 0.827. The van der Waals surface area contributed by atoms with Gasteiger partial charge in [0, 0.05) is 0 Å². The Morgan fingerprint density at radius 2 is 1.59 bits per heavy atom. The SMILES string of the molecule is CC1CC=C(c2ccc(B3OC(C)(C)C(C)(C)O3)cc2)CC1. The van der Waals surface area contributed by atoms with Gasteiger partial charge in [0.05, 0.1) is 11.2 Å². The molecule has 1 atom stereocenters. The molecular weight excluding hydrogens is 271 g/mol. The predicted octanol–water partition coefficient (Wildman–Crippen LogP) is 4.19. The summed E-state index contributed by atoms with van der Waals surface area (Å²) in [5.41, 5.74) is 3.37. The summed E-state index contributed by atoms with van der Waals surface area (Å²) in [6, 6.07) is 8.72. The van der Waals surface area contributed by atoms with E-state index in [2.05, 4.69) is 65.0 Å². The summed E-state index contributed by atoms with van der Waals surface area (Å²) in [5, 5.41) is 0. The van der Waals surface area contributed by atoms with Gasteiger partial charge in [0.2, 0.25) is 0 Å². The number of hydrogen-bond donors (Lipinski definition) is 0. The molecule has 118 valence electrons. The topological polar surface area (TPSA) is 18.5 Å². The minimum atomic E-state index is -0.279. The molecule has 0 amide bonds. The van der Waals surface area contributed by atoms with Gasteiger partial charge in [0.1, 0.15) is 0 Å². The minimum Gasteiger partial charge on any atom is -0.399 e. The minimum absolute atomic E-state index is 0.264. The summed E-state index contributed by atoms with van der Waals surface area (Å²) < 4.78 is 12.2. The summed E-state index contributed by atoms with van der Waals surface area (Å²) in [6.45, 7) is 10.7. The van der Waals surface area contributed by atoms with E-state index in [0.29, 0.717) is 0 Å². The monoisotopic (exact) mass is 298 g/mol. The third-order valence-corrected chi connectivity index (χ3v) is 5.48. The van der Waals surface area contributed by atoms with Crippen molar-refractivity contribution >= 4 is 18.2 Å². The molecule has 1 aliphatic carbocycles. The lowest BCUT2D eigenvalue weighted by Crippen LogP contribution is -2.41. The Labute approximate surface area is 135 Å². The molecule has 1 unspecified atom stereocenters. The van der Waals surface area contributed by atoms with E-state index in [1.54, 1.807) is 0 Å². The highest BCUT2D eigenvalue weighted by atomic mass is 16.7. The zero-order valence-electron chi connectivity index (χ0n) is 14.5. The first-order chi connectivity index (χ1) is 10.3. The van der Waals surface area contributed by atoms with Crippen LogP contribution in [0.25, 0.3) is 5.57 Å². The van der Waals surface area contributed by atoms with Gasteiger partial charge in [-0.05, 0) is 69.5 Å². The summed E-state index contributed by atoms with van der Waals surface area (Å²) in [6.07, 6.45) is 6.09. The largest absolute Gasteiger partial charge is 0.494 e. The van der Waals surface area contributed by atoms with E-state index in [0.717, 1.165) is 11.4 Å². The van der Waals surface area contributed by atoms with Gasteiger partial charge in [-0.2, -0.15) is 0 Å². The molecule has 0 N–H and O–H groups in total. The van der Waals surface area contributed by atoms with Gasteiger partial charge >= 0.3 is 7.12 Å². The lowest BCUT2D eigenvalue weighted by Gasteiger charge is -2.32. The first kappa shape index (κ1) is 15.8. The Bertz CT molecular complexity index is 556. The van der Waals surface area contributed by atoms with E-state index < -0.39 is 0 Å². The van der Waals surface area contributed by atoms with Gasteiger partial charge in [-0.25, -0.2) is 0 Å². The molecule has 0 aromatic heterocycles. The van der Waals surface area contributed by atoms with Crippen LogP contribution in [0.3, 0.4) is 0 Å². The van der Waals surface area contributed by atoms with Crippen LogP contribution in [-0.4, -0.2) is 18.3 Å². The summed E-state index contributed by atoms with van der Waals surface area (Å²) in [4.78, 5) is 0. The van der Waals surface area contributed by atoms with Gasteiger partial charge < -0.3 is 9.31 Å². The molecule has 3 heteroatoms. The van der Waals surface area contributed by atoms with Gasteiger partial charge in [-0.1, -0.05) is 37.3 Å². The fourth-order valence-electron chi connectivity index (χ4n) is 3.06. The smallest absolute Gasteiger partial charge is 0.399 e. The van der Waals surface area contributed by atoms with Crippen LogP contribution in [-0.2, 0) is 9.31 Å². The zero-order valence-corrected chi connectivity index (χ0v) is 14.5. The summed E-state index contributed by atoms with van der Waals surface area (Å²) in [7, 11) is -0.264. The van der Waals surface area contributed by atoms with Crippen LogP contribution in [0.15, 0.2) is 30.3 Å². The van der Waals surface area contributed by atoms with E-state index in [1.807, 2.05) is 0 Å². The molecular formula is C19H27BO2. The molecule has 2 aliphatic rings. The molecule has 2 nitrogen and oxygen atoms in total. The average molecular weight is 298 g/mol. The average Bonchev–Trinajstić information content (AvgIpc) is 2.68. The van der Waals surface area contributed by atoms with Crippen LogP contribution in [0, 0.1) is 5.92 Å². The molecule has 1 fully saturated rings. The van der Waals surface area contributed by atoms with Crippen molar-refractivity contribution in [3.8, 4) is 0 Å². The number of hydrogen-bond acceptors (Lipinski definition) is 2. The predicted molar refractivity (Wildman–Crippen MR) is 93.2 cm³/mol. The molecule has 0 spiro atoms. The van der Waals surface area contributed by atoms with Gasteiger partial charge in [-0.3, -0.25) is 0 Å². The fourth-order valence-corrected chi connectivity index (χ4v) is 3.06. The third-order valence-electron chi connectivity index (χ3n) is 5.48. The fraction of sp³-hybridized carbons (Fsp3) is 0.579. The zero-order chi connectivity index (χ0) is 16.0. The van der Waals surface area contributed by atoms with E-state index in [-0.39, 0.29) is 18.3 Å². The van der Waals surface area contributed by atoms with Crippen LogP contribution >= 0.6 is 0 Å². The third kappa shape index (κ3) is 2.89. The normalized spacial score (nSPS) is 26.9. The first-order valence-electron chi connectivity index (χ1n) is 8.43. The standard InChI is InChI=1S/C19H27BO2/c1-14-6-8-15(9-7-14)16-10-12-17(13-11-16)20-21-18(2,3)19(4,5)22-20/h8,10-14H,6-7,9H2,1-5H3. The molecule has 0 saturated carbocycles. The Balaban J connectivity index is 1.76. The molecule has 1 saturated heterocycles. The van der Waals surface area contributed by atoms with Crippen molar-refractivity contribution in [1.82, 2.24) is 0 Å². The van der Waals surface area contributed by atoms with Gasteiger partial charge in [0.15, 0.2) is 0 Å². The summed E-state index contributed by atoms with van der Waals surface area (Å²) >= 11 is 0. The molecule has 1 aromatic carbocycles. The Kier molecular flexibility index (Phi) is 3.99. The van der Waals surface area contributed by atoms with Crippen LogP contribution in [0.2, 0.25) is 0 Å². The molecule has 1 aromatic rings. The van der Waals surface area contributed by atoms with Crippen molar-refractivity contribution in [3.05, 3.63) is 35.9 Å². The quantitative estimate of drug-likeness (QED) is 0.762. The van der Waals surface area contributed by atoms with Gasteiger partial charge in [-0.15, -0.1) is 0 Å². The van der Waals surface area contributed by atoms with Crippen LogP contribution in [0.1, 0.15) is 59.4 Å². The molecule has 3 rings (SSSR count). The van der Waals surface area contributed by atoms with Gasteiger partial charge in [0.25, 0.3) is 0 Å². The lowest BCUT2D eigenvalue weighted by molar-refractivity contribution is 0.00578. The second kappa shape index (κ2) is 5.54. The molecule has 1 heterocycles. The first-order valence-corrected chi connectivity index (χ1v) is 8.43. The van der Waals surface area contributed by atoms with Crippen molar-refractivity contribution in [2.24, 2.45) is 5.92 Å². The van der Waals surface area contributed by atoms with Crippen LogP contribution < -0.4 is 5.46 Å². The maximum atomic E-state index is 6.11. The van der Waals surface area contributed by atoms with Crippen LogP contribution in [0.5, 0.6) is 0 Å². The maximum absolute atomic E-state index is 6.11. The van der Waals surface area contributed by atoms with Crippen molar-refractivity contribution in [1.29, 1.82) is 0 Å². The van der Waals surface area contributed by atoms with E-state index in [4.69, 9.17) is 9.31 Å². The Morgan fingerprint density at radius 1 is 1.00 bits per heavy atom. The molecule has 22 heavy (non-hydrogen) atoms. The van der Waals surface area contributed by atoms with Crippen molar-refractivity contribution in [2.75, 3.05) is 0 Å². The van der Waals surface area contributed by atoms with E-state index in [9.17, 15) is 0 Å². The Hall–Kier alpha value is -1.06. The highest BCUT2D eigenvalue weighted by Gasteiger charge is 2.51. The molecule has 0 radical (unpaired) electrons. The van der Waals surface area contributed by atoms with Crippen molar-refractivity contribution in [3.63, 3.8) is 0 Å². The molecule has 1 aliphatic heterocycles. The Morgan fingerprint density at radius 3 is 2.09 bits per heavy atom.